The number of carbonyl (C=O) groups excluding carboxylic acids is 1. The van der Waals surface area contributed by atoms with Crippen molar-refractivity contribution in [2.24, 2.45) is 4.99 Å². The van der Waals surface area contributed by atoms with Crippen LogP contribution in [-0.2, 0) is 27.9 Å². The molecule has 1 aromatic heterocycles. The average molecular weight is 484 g/mol. The number of hydrogen-bond acceptors (Lipinski definition) is 5. The van der Waals surface area contributed by atoms with Gasteiger partial charge in [0.15, 0.2) is 0 Å². The van der Waals surface area contributed by atoms with E-state index >= 15 is 0 Å². The third kappa shape index (κ3) is 5.22. The highest BCUT2D eigenvalue weighted by Gasteiger charge is 2.18. The van der Waals surface area contributed by atoms with Crippen LogP contribution in [0, 0.1) is 0 Å². The third-order valence-electron chi connectivity index (χ3n) is 5.86. The Balaban J connectivity index is 1.44. The van der Waals surface area contributed by atoms with E-state index in [1.165, 1.54) is 12.1 Å². The summed E-state index contributed by atoms with van der Waals surface area (Å²) < 4.78 is 31.5. The lowest BCUT2D eigenvalue weighted by atomic mass is 10.2. The summed E-state index contributed by atoms with van der Waals surface area (Å²) >= 11 is 0. The SMILES string of the molecule is CCn1c(=O)n(CCC(=O)Nc2cccc(S(=O)(=O)NC3=NCCCCC3)c2)c2ccccc21. The number of fused-ring (bicyclic) bond motifs is 1. The molecule has 2 N–H and O–H groups in total. The van der Waals surface area contributed by atoms with Gasteiger partial charge in [0.2, 0.25) is 5.91 Å². The van der Waals surface area contributed by atoms with Gasteiger partial charge in [0.25, 0.3) is 10.0 Å². The van der Waals surface area contributed by atoms with E-state index in [1.54, 1.807) is 21.3 Å². The smallest absolute Gasteiger partial charge is 0.326 e. The lowest BCUT2D eigenvalue weighted by Gasteiger charge is -2.11. The lowest BCUT2D eigenvalue weighted by molar-refractivity contribution is -0.116. The van der Waals surface area contributed by atoms with Crippen molar-refractivity contribution in [3.63, 3.8) is 0 Å². The fraction of sp³-hybridized carbons (Fsp3) is 0.375. The molecule has 0 fully saturated rings. The van der Waals surface area contributed by atoms with Crippen LogP contribution in [0.3, 0.4) is 0 Å². The first-order valence-electron chi connectivity index (χ1n) is 11.5. The quantitative estimate of drug-likeness (QED) is 0.537. The maximum atomic E-state index is 12.8. The summed E-state index contributed by atoms with van der Waals surface area (Å²) in [5.74, 6) is 0.166. The molecule has 4 rings (SSSR count). The van der Waals surface area contributed by atoms with E-state index in [0.29, 0.717) is 31.0 Å². The van der Waals surface area contributed by atoms with Gasteiger partial charge in [0.05, 0.1) is 15.9 Å². The summed E-state index contributed by atoms with van der Waals surface area (Å²) in [6.07, 6.45) is 3.56. The van der Waals surface area contributed by atoms with Gasteiger partial charge in [0.1, 0.15) is 5.84 Å². The third-order valence-corrected chi connectivity index (χ3v) is 7.24. The molecule has 0 saturated heterocycles. The van der Waals surface area contributed by atoms with Gasteiger partial charge in [-0.15, -0.1) is 0 Å². The van der Waals surface area contributed by atoms with Crippen molar-refractivity contribution in [3.05, 3.63) is 59.0 Å². The first-order valence-corrected chi connectivity index (χ1v) is 13.0. The molecular weight excluding hydrogens is 454 g/mol. The fourth-order valence-corrected chi connectivity index (χ4v) is 5.28. The number of hydrogen-bond donors (Lipinski definition) is 2. The molecule has 180 valence electrons. The van der Waals surface area contributed by atoms with Crippen LogP contribution in [0.5, 0.6) is 0 Å². The molecule has 0 atom stereocenters. The van der Waals surface area contributed by atoms with Crippen LogP contribution in [0.4, 0.5) is 5.69 Å². The van der Waals surface area contributed by atoms with E-state index in [0.717, 1.165) is 30.3 Å². The number of aliphatic imine (C=N–C) groups is 1. The second-order valence-electron chi connectivity index (χ2n) is 8.24. The second kappa shape index (κ2) is 10.3. The van der Waals surface area contributed by atoms with E-state index in [-0.39, 0.29) is 29.5 Å². The molecule has 1 amide bonds. The monoisotopic (exact) mass is 483 g/mol. The topological polar surface area (TPSA) is 115 Å². The number of para-hydroxylation sites is 2. The molecule has 1 aliphatic rings. The van der Waals surface area contributed by atoms with Crippen molar-refractivity contribution in [1.29, 1.82) is 0 Å². The number of nitrogens with one attached hydrogen (secondary N) is 2. The zero-order valence-corrected chi connectivity index (χ0v) is 20.0. The molecule has 2 heterocycles. The molecule has 3 aromatic rings. The summed E-state index contributed by atoms with van der Waals surface area (Å²) in [4.78, 5) is 29.7. The number of sulfonamides is 1. The minimum atomic E-state index is -3.80. The number of amides is 1. The van der Waals surface area contributed by atoms with Crippen LogP contribution in [0.2, 0.25) is 0 Å². The molecule has 1 aliphatic heterocycles. The van der Waals surface area contributed by atoms with Crippen LogP contribution in [0.25, 0.3) is 11.0 Å². The van der Waals surface area contributed by atoms with Gasteiger partial charge in [-0.2, -0.15) is 0 Å². The molecule has 0 radical (unpaired) electrons. The van der Waals surface area contributed by atoms with E-state index < -0.39 is 10.0 Å². The van der Waals surface area contributed by atoms with Crippen molar-refractivity contribution >= 4 is 38.5 Å². The zero-order chi connectivity index (χ0) is 24.1. The zero-order valence-electron chi connectivity index (χ0n) is 19.2. The Kier molecular flexibility index (Phi) is 7.16. The molecule has 0 saturated carbocycles. The first-order chi connectivity index (χ1) is 16.4. The minimum absolute atomic E-state index is 0.0551. The molecule has 0 aliphatic carbocycles. The van der Waals surface area contributed by atoms with Crippen LogP contribution >= 0.6 is 0 Å². The molecular formula is C24H29N5O4S. The normalized spacial score (nSPS) is 14.4. The highest BCUT2D eigenvalue weighted by molar-refractivity contribution is 7.90. The first kappa shape index (κ1) is 23.7. The van der Waals surface area contributed by atoms with Crippen LogP contribution < -0.4 is 15.7 Å². The maximum absolute atomic E-state index is 12.8. The van der Waals surface area contributed by atoms with Crippen molar-refractivity contribution in [3.8, 4) is 0 Å². The Morgan fingerprint density at radius 2 is 1.79 bits per heavy atom. The minimum Gasteiger partial charge on any atom is -0.326 e. The van der Waals surface area contributed by atoms with E-state index in [2.05, 4.69) is 15.0 Å². The second-order valence-corrected chi connectivity index (χ2v) is 9.92. The Morgan fingerprint density at radius 1 is 1.03 bits per heavy atom. The van der Waals surface area contributed by atoms with Crippen molar-refractivity contribution < 1.29 is 13.2 Å². The number of anilines is 1. The number of nitrogens with zero attached hydrogens (tertiary/aromatic N) is 3. The molecule has 10 heteroatoms. The summed E-state index contributed by atoms with van der Waals surface area (Å²) in [5, 5.41) is 2.74. The largest absolute Gasteiger partial charge is 0.329 e. The van der Waals surface area contributed by atoms with Gasteiger partial charge < -0.3 is 5.32 Å². The predicted molar refractivity (Wildman–Crippen MR) is 133 cm³/mol. The molecule has 34 heavy (non-hydrogen) atoms. The number of aromatic nitrogens is 2. The van der Waals surface area contributed by atoms with E-state index in [9.17, 15) is 18.0 Å². The van der Waals surface area contributed by atoms with Crippen molar-refractivity contribution in [2.75, 3.05) is 11.9 Å². The van der Waals surface area contributed by atoms with Gasteiger partial charge in [-0.3, -0.25) is 23.6 Å². The number of aryl methyl sites for hydroxylation is 2. The summed E-state index contributed by atoms with van der Waals surface area (Å²) in [6, 6.07) is 13.6. The van der Waals surface area contributed by atoms with Gasteiger partial charge in [-0.25, -0.2) is 13.2 Å². The standard InChI is InChI=1S/C24H29N5O4S/c1-2-28-20-11-5-6-12-21(20)29(24(28)31)16-14-23(30)26-18-9-8-10-19(17-18)34(32,33)27-22-13-4-3-7-15-25-22/h5-6,8-12,17H,2-4,7,13-16H2,1H3,(H,25,27)(H,26,30). The fourth-order valence-electron chi connectivity index (χ4n) is 4.14. The highest BCUT2D eigenvalue weighted by atomic mass is 32.2. The summed E-state index contributed by atoms with van der Waals surface area (Å²) in [6.45, 7) is 3.29. The summed E-state index contributed by atoms with van der Waals surface area (Å²) in [7, 11) is -3.80. The Hall–Kier alpha value is -3.40. The number of rotatable bonds is 7. The van der Waals surface area contributed by atoms with Crippen molar-refractivity contribution in [2.45, 2.75) is 57.0 Å². The Labute approximate surface area is 198 Å². The van der Waals surface area contributed by atoms with E-state index in [1.807, 2.05) is 31.2 Å². The van der Waals surface area contributed by atoms with Gasteiger partial charge in [-0.05, 0) is 50.1 Å². The molecule has 0 bridgehead atoms. The van der Waals surface area contributed by atoms with Crippen LogP contribution in [0.15, 0.2) is 63.2 Å². The predicted octanol–water partition coefficient (Wildman–Crippen LogP) is 3.10. The van der Waals surface area contributed by atoms with Gasteiger partial charge in [0, 0.05) is 38.2 Å². The van der Waals surface area contributed by atoms with Gasteiger partial charge in [-0.1, -0.05) is 24.6 Å². The Morgan fingerprint density at radius 3 is 2.56 bits per heavy atom. The molecule has 9 nitrogen and oxygen atoms in total. The number of imidazole rings is 1. The van der Waals surface area contributed by atoms with Crippen LogP contribution in [-0.4, -0.2) is 35.8 Å². The molecule has 0 unspecified atom stereocenters. The lowest BCUT2D eigenvalue weighted by Crippen LogP contribution is -2.30. The van der Waals surface area contributed by atoms with E-state index in [4.69, 9.17) is 0 Å². The Bertz CT molecular complexity index is 1390. The molecule has 2 aromatic carbocycles. The molecule has 0 spiro atoms. The highest BCUT2D eigenvalue weighted by Crippen LogP contribution is 2.18. The number of amidine groups is 1. The van der Waals surface area contributed by atoms with Crippen molar-refractivity contribution in [1.82, 2.24) is 13.9 Å². The summed E-state index contributed by atoms with van der Waals surface area (Å²) in [5.41, 5.74) is 1.83. The average Bonchev–Trinajstić information content (AvgIpc) is 2.94. The maximum Gasteiger partial charge on any atom is 0.329 e. The number of carbonyl (C=O) groups is 1. The van der Waals surface area contributed by atoms with Gasteiger partial charge >= 0.3 is 5.69 Å². The van der Waals surface area contributed by atoms with Crippen LogP contribution in [0.1, 0.15) is 39.0 Å². The number of benzene rings is 2.